The van der Waals surface area contributed by atoms with Crippen LogP contribution in [-0.2, 0) is 12.8 Å². The standard InChI is InChI=1S/C26H22S4/c1-3-17-7-11-21(27-17)15-5-9-19-23(13-15)29-26-20-10-6-16(14-24(20)30-25(19)26)22-12-8-18(4-2)28-22/h5-14,25-26H,3-4H2,1-2H3. The molecule has 30 heavy (non-hydrogen) atoms. The van der Waals surface area contributed by atoms with Gasteiger partial charge in [0.05, 0.1) is 10.5 Å². The SMILES string of the molecule is CCc1ccc(-c2ccc3c(c2)SC2c4ccc(-c5ccc(CC)s5)cc4SC32)s1. The van der Waals surface area contributed by atoms with Gasteiger partial charge < -0.3 is 0 Å². The minimum atomic E-state index is 0.549. The second-order valence-corrected chi connectivity index (χ2v) is 12.5. The van der Waals surface area contributed by atoms with Crippen molar-refractivity contribution in [2.24, 2.45) is 0 Å². The van der Waals surface area contributed by atoms with Gasteiger partial charge in [0.25, 0.3) is 0 Å². The zero-order chi connectivity index (χ0) is 20.2. The summed E-state index contributed by atoms with van der Waals surface area (Å²) in [5, 5.41) is 1.10. The van der Waals surface area contributed by atoms with Crippen molar-refractivity contribution in [2.45, 2.75) is 47.0 Å². The Kier molecular flexibility index (Phi) is 4.87. The zero-order valence-electron chi connectivity index (χ0n) is 17.0. The molecule has 0 amide bonds. The fraction of sp³-hybridized carbons (Fsp3) is 0.231. The van der Waals surface area contributed by atoms with E-state index in [4.69, 9.17) is 0 Å². The van der Waals surface area contributed by atoms with E-state index in [1.165, 1.54) is 51.6 Å². The molecule has 0 spiro atoms. The van der Waals surface area contributed by atoms with Crippen LogP contribution in [0.5, 0.6) is 0 Å². The smallest absolute Gasteiger partial charge is 0.0519 e. The number of aryl methyl sites for hydroxylation is 2. The molecule has 0 saturated heterocycles. The molecule has 0 fully saturated rings. The number of hydrogen-bond acceptors (Lipinski definition) is 4. The number of benzene rings is 2. The minimum absolute atomic E-state index is 0.549. The largest absolute Gasteiger partial charge is 0.140 e. The van der Waals surface area contributed by atoms with Crippen molar-refractivity contribution in [3.8, 4) is 20.9 Å². The number of rotatable bonds is 4. The van der Waals surface area contributed by atoms with E-state index in [-0.39, 0.29) is 0 Å². The Balaban J connectivity index is 1.30. The van der Waals surface area contributed by atoms with Crippen molar-refractivity contribution in [3.05, 3.63) is 81.5 Å². The molecule has 2 aromatic carbocycles. The van der Waals surface area contributed by atoms with Gasteiger partial charge in [-0.25, -0.2) is 0 Å². The maximum absolute atomic E-state index is 2.43. The van der Waals surface area contributed by atoms with E-state index in [1.54, 1.807) is 0 Å². The van der Waals surface area contributed by atoms with Crippen LogP contribution < -0.4 is 0 Å². The average molecular weight is 463 g/mol. The fourth-order valence-electron chi connectivity index (χ4n) is 4.35. The Bertz CT molecular complexity index is 1150. The van der Waals surface area contributed by atoms with Gasteiger partial charge in [0.1, 0.15) is 0 Å². The van der Waals surface area contributed by atoms with Gasteiger partial charge >= 0.3 is 0 Å². The molecule has 2 aliphatic rings. The van der Waals surface area contributed by atoms with Crippen LogP contribution in [0.4, 0.5) is 0 Å². The maximum atomic E-state index is 2.43. The predicted octanol–water partition coefficient (Wildman–Crippen LogP) is 9.26. The summed E-state index contributed by atoms with van der Waals surface area (Å²) in [5.74, 6) is 0. The van der Waals surface area contributed by atoms with Crippen LogP contribution in [0.2, 0.25) is 0 Å². The molecule has 0 radical (unpaired) electrons. The van der Waals surface area contributed by atoms with E-state index in [1.807, 2.05) is 22.7 Å². The second-order valence-electron chi connectivity index (χ2n) is 7.82. The van der Waals surface area contributed by atoms with E-state index in [0.717, 1.165) is 12.8 Å². The van der Waals surface area contributed by atoms with Gasteiger partial charge in [0.15, 0.2) is 0 Å². The second kappa shape index (κ2) is 7.59. The Morgan fingerprint density at radius 1 is 0.600 bits per heavy atom. The summed E-state index contributed by atoms with van der Waals surface area (Å²) in [6.07, 6.45) is 2.24. The Morgan fingerprint density at radius 2 is 1.07 bits per heavy atom. The normalized spacial score (nSPS) is 19.0. The molecule has 2 aromatic heterocycles. The molecule has 0 saturated carbocycles. The molecular weight excluding hydrogens is 441 g/mol. The lowest BCUT2D eigenvalue weighted by Gasteiger charge is -2.08. The molecule has 0 aliphatic carbocycles. The molecule has 0 N–H and O–H groups in total. The molecule has 150 valence electrons. The molecular formula is C26H22S4. The number of thioether (sulfide) groups is 2. The topological polar surface area (TPSA) is 0 Å². The lowest BCUT2D eigenvalue weighted by Crippen LogP contribution is -1.91. The summed E-state index contributed by atoms with van der Waals surface area (Å²) >= 11 is 7.99. The van der Waals surface area contributed by atoms with Gasteiger partial charge in [0.2, 0.25) is 0 Å². The van der Waals surface area contributed by atoms with Crippen LogP contribution in [-0.4, -0.2) is 0 Å². The third kappa shape index (κ3) is 3.12. The van der Waals surface area contributed by atoms with E-state index < -0.39 is 0 Å². The van der Waals surface area contributed by atoms with Gasteiger partial charge in [0, 0.05) is 29.3 Å². The molecule has 0 nitrogen and oxygen atoms in total. The molecule has 4 aromatic rings. The monoisotopic (exact) mass is 462 g/mol. The van der Waals surface area contributed by atoms with Crippen molar-refractivity contribution < 1.29 is 0 Å². The van der Waals surface area contributed by atoms with Gasteiger partial charge in [-0.1, -0.05) is 38.1 Å². The third-order valence-electron chi connectivity index (χ3n) is 6.01. The summed E-state index contributed by atoms with van der Waals surface area (Å²) in [5.41, 5.74) is 5.79. The lowest BCUT2D eigenvalue weighted by molar-refractivity contribution is 0.939. The fourth-order valence-corrected chi connectivity index (χ4v) is 9.52. The number of fused-ring (bicyclic) bond motifs is 5. The van der Waals surface area contributed by atoms with Gasteiger partial charge in [-0.2, -0.15) is 0 Å². The summed E-state index contributed by atoms with van der Waals surface area (Å²) < 4.78 is 0. The molecule has 4 heteroatoms. The first-order valence-electron chi connectivity index (χ1n) is 10.5. The van der Waals surface area contributed by atoms with E-state index in [0.29, 0.717) is 10.5 Å². The molecule has 0 bridgehead atoms. The molecule has 2 aliphatic heterocycles. The Labute approximate surface area is 194 Å². The van der Waals surface area contributed by atoms with Gasteiger partial charge in [-0.05, 0) is 71.5 Å². The number of hydrogen-bond donors (Lipinski definition) is 0. The van der Waals surface area contributed by atoms with Crippen LogP contribution in [0.1, 0.15) is 45.2 Å². The average Bonchev–Trinajstić information content (AvgIpc) is 3.55. The van der Waals surface area contributed by atoms with Crippen LogP contribution in [0.15, 0.2) is 70.5 Å². The Morgan fingerprint density at radius 3 is 1.47 bits per heavy atom. The van der Waals surface area contributed by atoms with Gasteiger partial charge in [-0.15, -0.1) is 46.2 Å². The predicted molar refractivity (Wildman–Crippen MR) is 135 cm³/mol. The van der Waals surface area contributed by atoms with Crippen molar-refractivity contribution in [2.75, 3.05) is 0 Å². The first kappa shape index (κ1) is 19.2. The van der Waals surface area contributed by atoms with Crippen LogP contribution >= 0.6 is 46.2 Å². The maximum Gasteiger partial charge on any atom is 0.0519 e. The van der Waals surface area contributed by atoms with E-state index in [9.17, 15) is 0 Å². The minimum Gasteiger partial charge on any atom is -0.140 e. The first-order valence-corrected chi connectivity index (χ1v) is 13.9. The third-order valence-corrected chi connectivity index (χ3v) is 11.5. The van der Waals surface area contributed by atoms with Gasteiger partial charge in [-0.3, -0.25) is 0 Å². The van der Waals surface area contributed by atoms with Crippen molar-refractivity contribution in [3.63, 3.8) is 0 Å². The first-order chi connectivity index (χ1) is 14.7. The van der Waals surface area contributed by atoms with E-state index >= 15 is 0 Å². The van der Waals surface area contributed by atoms with Crippen LogP contribution in [0.25, 0.3) is 20.9 Å². The molecule has 6 rings (SSSR count). The van der Waals surface area contributed by atoms with E-state index in [2.05, 4.69) is 98.0 Å². The van der Waals surface area contributed by atoms with Crippen molar-refractivity contribution in [1.29, 1.82) is 0 Å². The summed E-state index contributed by atoms with van der Waals surface area (Å²) in [6.45, 7) is 4.47. The van der Waals surface area contributed by atoms with Crippen molar-refractivity contribution >= 4 is 46.2 Å². The molecule has 2 unspecified atom stereocenters. The summed E-state index contributed by atoms with van der Waals surface area (Å²) in [4.78, 5) is 8.67. The lowest BCUT2D eigenvalue weighted by atomic mass is 10.0. The highest BCUT2D eigenvalue weighted by Crippen LogP contribution is 2.66. The highest BCUT2D eigenvalue weighted by Gasteiger charge is 2.41. The summed E-state index contributed by atoms with van der Waals surface area (Å²) in [6, 6.07) is 23.4. The Hall–Kier alpha value is -1.46. The highest BCUT2D eigenvalue weighted by molar-refractivity contribution is 8.05. The van der Waals surface area contributed by atoms with Crippen LogP contribution in [0, 0.1) is 0 Å². The van der Waals surface area contributed by atoms with Crippen LogP contribution in [0.3, 0.4) is 0 Å². The number of thiophene rings is 2. The van der Waals surface area contributed by atoms with Crippen molar-refractivity contribution in [1.82, 2.24) is 0 Å². The quantitative estimate of drug-likeness (QED) is 0.296. The molecule has 2 atom stereocenters. The highest BCUT2D eigenvalue weighted by atomic mass is 32.2. The zero-order valence-corrected chi connectivity index (χ0v) is 20.2. The summed E-state index contributed by atoms with van der Waals surface area (Å²) in [7, 11) is 0. The molecule has 4 heterocycles.